The number of amides is 2. The normalized spacial score (nSPS) is 10.2. The van der Waals surface area contributed by atoms with Crippen LogP contribution in [0, 0.1) is 6.92 Å². The fraction of sp³-hybridized carbons (Fsp3) is 0.273. The Bertz CT molecular complexity index is 479. The minimum absolute atomic E-state index is 0.269. The van der Waals surface area contributed by atoms with Crippen molar-refractivity contribution >= 4 is 23.2 Å². The molecule has 0 atom stereocenters. The Morgan fingerprint density at radius 1 is 1.59 bits per heavy atom. The zero-order chi connectivity index (χ0) is 12.1. The van der Waals surface area contributed by atoms with Gasteiger partial charge in [0.05, 0.1) is 0 Å². The summed E-state index contributed by atoms with van der Waals surface area (Å²) >= 11 is 1.68. The summed E-state index contributed by atoms with van der Waals surface area (Å²) in [6, 6.07) is 5.44. The number of carbonyl (C=O) groups excluding carboxylic acids is 1. The second-order valence-corrected chi connectivity index (χ2v) is 4.57. The quantitative estimate of drug-likeness (QED) is 0.876. The summed E-state index contributed by atoms with van der Waals surface area (Å²) in [4.78, 5) is 12.7. The first-order valence-electron chi connectivity index (χ1n) is 5.24. The van der Waals surface area contributed by atoms with Gasteiger partial charge in [0, 0.05) is 17.5 Å². The van der Waals surface area contributed by atoms with Gasteiger partial charge in [-0.25, -0.2) is 4.79 Å². The summed E-state index contributed by atoms with van der Waals surface area (Å²) in [5.41, 5.74) is 0. The molecule has 2 aromatic rings. The highest BCUT2D eigenvalue weighted by molar-refractivity contribution is 7.09. The zero-order valence-corrected chi connectivity index (χ0v) is 10.2. The van der Waals surface area contributed by atoms with Gasteiger partial charge < -0.3 is 9.84 Å². The minimum Gasteiger partial charge on any atom is -0.360 e. The Labute approximate surface area is 103 Å². The Morgan fingerprint density at radius 3 is 3.12 bits per heavy atom. The van der Waals surface area contributed by atoms with E-state index in [0.29, 0.717) is 18.1 Å². The smallest absolute Gasteiger partial charge is 0.320 e. The van der Waals surface area contributed by atoms with Gasteiger partial charge in [-0.2, -0.15) is 0 Å². The van der Waals surface area contributed by atoms with Gasteiger partial charge in [-0.05, 0) is 24.8 Å². The van der Waals surface area contributed by atoms with Crippen LogP contribution in [0.25, 0.3) is 0 Å². The number of carbonyl (C=O) groups is 1. The molecule has 0 unspecified atom stereocenters. The maximum atomic E-state index is 11.4. The van der Waals surface area contributed by atoms with Gasteiger partial charge in [0.15, 0.2) is 5.82 Å². The molecule has 2 amide bonds. The van der Waals surface area contributed by atoms with Crippen LogP contribution in [0.3, 0.4) is 0 Å². The molecule has 17 heavy (non-hydrogen) atoms. The van der Waals surface area contributed by atoms with Crippen LogP contribution in [-0.4, -0.2) is 17.7 Å². The van der Waals surface area contributed by atoms with Crippen molar-refractivity contribution in [3.63, 3.8) is 0 Å². The SMILES string of the molecule is Cc1cc(NC(=O)NCCc2cccs2)no1. The maximum Gasteiger partial charge on any atom is 0.320 e. The van der Waals surface area contributed by atoms with Crippen molar-refractivity contribution < 1.29 is 9.32 Å². The van der Waals surface area contributed by atoms with Crippen molar-refractivity contribution in [1.29, 1.82) is 0 Å². The van der Waals surface area contributed by atoms with Crippen molar-refractivity contribution in [2.75, 3.05) is 11.9 Å². The number of urea groups is 1. The maximum absolute atomic E-state index is 11.4. The molecule has 6 heteroatoms. The molecule has 0 bridgehead atoms. The van der Waals surface area contributed by atoms with E-state index in [1.807, 2.05) is 17.5 Å². The monoisotopic (exact) mass is 251 g/mol. The molecule has 0 aliphatic heterocycles. The molecule has 0 saturated carbocycles. The van der Waals surface area contributed by atoms with Gasteiger partial charge in [-0.15, -0.1) is 11.3 Å². The van der Waals surface area contributed by atoms with Gasteiger partial charge >= 0.3 is 6.03 Å². The van der Waals surface area contributed by atoms with Crippen LogP contribution >= 0.6 is 11.3 Å². The van der Waals surface area contributed by atoms with Crippen LogP contribution in [-0.2, 0) is 6.42 Å². The number of anilines is 1. The van der Waals surface area contributed by atoms with E-state index < -0.39 is 0 Å². The molecule has 0 radical (unpaired) electrons. The molecule has 5 nitrogen and oxygen atoms in total. The van der Waals surface area contributed by atoms with E-state index in [0.717, 1.165) is 6.42 Å². The topological polar surface area (TPSA) is 67.2 Å². The van der Waals surface area contributed by atoms with Gasteiger partial charge in [-0.1, -0.05) is 11.2 Å². The third-order valence-corrected chi connectivity index (χ3v) is 3.04. The molecule has 2 rings (SSSR count). The molecule has 0 saturated heterocycles. The number of nitrogens with one attached hydrogen (secondary N) is 2. The molecule has 0 aliphatic rings. The van der Waals surface area contributed by atoms with E-state index in [1.165, 1.54) is 4.88 Å². The Balaban J connectivity index is 1.71. The van der Waals surface area contributed by atoms with Gasteiger partial charge in [0.2, 0.25) is 0 Å². The average Bonchev–Trinajstić information content (AvgIpc) is 2.90. The van der Waals surface area contributed by atoms with Crippen molar-refractivity contribution in [1.82, 2.24) is 10.5 Å². The van der Waals surface area contributed by atoms with Crippen molar-refractivity contribution in [2.45, 2.75) is 13.3 Å². The number of nitrogens with zero attached hydrogens (tertiary/aromatic N) is 1. The molecule has 2 heterocycles. The summed E-state index contributed by atoms with van der Waals surface area (Å²) in [5.74, 6) is 1.09. The lowest BCUT2D eigenvalue weighted by molar-refractivity contribution is 0.252. The molecule has 0 fully saturated rings. The fourth-order valence-corrected chi connectivity index (χ4v) is 2.05. The zero-order valence-electron chi connectivity index (χ0n) is 9.40. The second-order valence-electron chi connectivity index (χ2n) is 3.53. The van der Waals surface area contributed by atoms with E-state index in [2.05, 4.69) is 15.8 Å². The molecule has 0 aromatic carbocycles. The highest BCUT2D eigenvalue weighted by Crippen LogP contribution is 2.08. The first-order chi connectivity index (χ1) is 8.24. The molecule has 0 spiro atoms. The third-order valence-electron chi connectivity index (χ3n) is 2.11. The number of aryl methyl sites for hydroxylation is 1. The van der Waals surface area contributed by atoms with Crippen LogP contribution in [0.1, 0.15) is 10.6 Å². The minimum atomic E-state index is -0.269. The summed E-state index contributed by atoms with van der Waals surface area (Å²) in [6.45, 7) is 2.37. The van der Waals surface area contributed by atoms with Crippen LogP contribution < -0.4 is 10.6 Å². The molecule has 2 N–H and O–H groups in total. The lowest BCUT2D eigenvalue weighted by Gasteiger charge is -2.03. The van der Waals surface area contributed by atoms with E-state index in [1.54, 1.807) is 24.3 Å². The van der Waals surface area contributed by atoms with Crippen molar-refractivity contribution in [2.24, 2.45) is 0 Å². The van der Waals surface area contributed by atoms with Crippen LogP contribution in [0.5, 0.6) is 0 Å². The van der Waals surface area contributed by atoms with E-state index >= 15 is 0 Å². The van der Waals surface area contributed by atoms with Crippen molar-refractivity contribution in [3.05, 3.63) is 34.2 Å². The largest absolute Gasteiger partial charge is 0.360 e. The summed E-state index contributed by atoms with van der Waals surface area (Å²) in [5, 5.41) is 11.0. The molecular formula is C11H13N3O2S. The Kier molecular flexibility index (Phi) is 3.77. The van der Waals surface area contributed by atoms with E-state index in [4.69, 9.17) is 4.52 Å². The molecule has 2 aromatic heterocycles. The molecule has 0 aliphatic carbocycles. The number of rotatable bonds is 4. The Hall–Kier alpha value is -1.82. The predicted octanol–water partition coefficient (Wildman–Crippen LogP) is 2.41. The highest BCUT2D eigenvalue weighted by atomic mass is 32.1. The second kappa shape index (κ2) is 5.49. The number of hydrogen-bond acceptors (Lipinski definition) is 4. The first-order valence-corrected chi connectivity index (χ1v) is 6.12. The van der Waals surface area contributed by atoms with E-state index in [9.17, 15) is 4.79 Å². The third kappa shape index (κ3) is 3.60. The van der Waals surface area contributed by atoms with Crippen LogP contribution in [0.4, 0.5) is 10.6 Å². The molecule has 90 valence electrons. The number of aromatic nitrogens is 1. The van der Waals surface area contributed by atoms with Gasteiger partial charge in [-0.3, -0.25) is 5.32 Å². The summed E-state index contributed by atoms with van der Waals surface area (Å²) in [6.07, 6.45) is 0.836. The molecular weight excluding hydrogens is 238 g/mol. The van der Waals surface area contributed by atoms with Crippen molar-refractivity contribution in [3.8, 4) is 0 Å². The number of thiophene rings is 1. The first kappa shape index (κ1) is 11.7. The standard InChI is InChI=1S/C11H13N3O2S/c1-8-7-10(14-16-8)13-11(15)12-5-4-9-3-2-6-17-9/h2-3,6-7H,4-5H2,1H3,(H2,12,13,14,15). The van der Waals surface area contributed by atoms with E-state index in [-0.39, 0.29) is 6.03 Å². The Morgan fingerprint density at radius 2 is 2.47 bits per heavy atom. The lowest BCUT2D eigenvalue weighted by Crippen LogP contribution is -2.30. The van der Waals surface area contributed by atoms with Crippen LogP contribution in [0.15, 0.2) is 28.1 Å². The average molecular weight is 251 g/mol. The number of hydrogen-bond donors (Lipinski definition) is 2. The lowest BCUT2D eigenvalue weighted by atomic mass is 10.3. The predicted molar refractivity (Wildman–Crippen MR) is 66.3 cm³/mol. The van der Waals surface area contributed by atoms with Gasteiger partial charge in [0.1, 0.15) is 5.76 Å². The summed E-state index contributed by atoms with van der Waals surface area (Å²) in [7, 11) is 0. The van der Waals surface area contributed by atoms with Crippen LogP contribution in [0.2, 0.25) is 0 Å². The fourth-order valence-electron chi connectivity index (χ4n) is 1.34. The summed E-state index contributed by atoms with van der Waals surface area (Å²) < 4.78 is 4.84. The van der Waals surface area contributed by atoms with Gasteiger partial charge in [0.25, 0.3) is 0 Å². The highest BCUT2D eigenvalue weighted by Gasteiger charge is 2.04.